The Hall–Kier alpha value is -3.14. The molecule has 0 saturated heterocycles. The minimum atomic E-state index is -0.978. The van der Waals surface area contributed by atoms with Crippen LogP contribution in [-0.2, 0) is 4.79 Å². The molecule has 0 atom stereocenters. The van der Waals surface area contributed by atoms with Crippen molar-refractivity contribution >= 4 is 12.0 Å². The van der Waals surface area contributed by atoms with E-state index in [0.29, 0.717) is 0 Å². The topological polar surface area (TPSA) is 55.1 Å². The van der Waals surface area contributed by atoms with E-state index >= 15 is 0 Å². The lowest BCUT2D eigenvalue weighted by Gasteiger charge is -2.04. The van der Waals surface area contributed by atoms with Crippen LogP contribution in [0, 0.1) is 13.8 Å². The molecule has 1 heterocycles. The summed E-state index contributed by atoms with van der Waals surface area (Å²) in [5.74, 6) is -0.978. The lowest BCUT2D eigenvalue weighted by molar-refractivity contribution is -0.131. The minimum absolute atomic E-state index is 0.763. The molecule has 0 aliphatic rings. The largest absolute Gasteiger partial charge is 0.478 e. The number of carboxylic acids is 1. The van der Waals surface area contributed by atoms with Gasteiger partial charge in [-0.2, -0.15) is 5.10 Å². The van der Waals surface area contributed by atoms with E-state index in [1.807, 2.05) is 42.6 Å². The van der Waals surface area contributed by atoms with E-state index in [1.165, 1.54) is 11.1 Å². The Morgan fingerprint density at radius 1 is 1.08 bits per heavy atom. The second kappa shape index (κ2) is 6.54. The molecule has 1 aromatic heterocycles. The van der Waals surface area contributed by atoms with Gasteiger partial charge in [-0.1, -0.05) is 30.3 Å². The van der Waals surface area contributed by atoms with Crippen molar-refractivity contribution in [1.82, 2.24) is 9.78 Å². The number of nitrogens with zero attached hydrogens (tertiary/aromatic N) is 2. The fourth-order valence-electron chi connectivity index (χ4n) is 2.50. The van der Waals surface area contributed by atoms with Crippen molar-refractivity contribution < 1.29 is 9.90 Å². The number of carbonyl (C=O) groups is 1. The number of aromatic nitrogens is 2. The summed E-state index contributed by atoms with van der Waals surface area (Å²) in [5, 5.41) is 13.6. The Balaban J connectivity index is 2.13. The van der Waals surface area contributed by atoms with Crippen LogP contribution in [0.25, 0.3) is 23.0 Å². The van der Waals surface area contributed by atoms with Crippen molar-refractivity contribution in [3.8, 4) is 16.9 Å². The highest BCUT2D eigenvalue weighted by atomic mass is 16.4. The van der Waals surface area contributed by atoms with Gasteiger partial charge in [0.1, 0.15) is 0 Å². The molecule has 3 aromatic rings. The summed E-state index contributed by atoms with van der Waals surface area (Å²) in [7, 11) is 0. The van der Waals surface area contributed by atoms with E-state index in [0.717, 1.165) is 28.6 Å². The van der Waals surface area contributed by atoms with Crippen LogP contribution in [-0.4, -0.2) is 20.9 Å². The third kappa shape index (κ3) is 3.27. The summed E-state index contributed by atoms with van der Waals surface area (Å²) >= 11 is 0. The van der Waals surface area contributed by atoms with Gasteiger partial charge in [0.15, 0.2) is 0 Å². The Bertz CT molecular complexity index is 909. The second-order valence-corrected chi connectivity index (χ2v) is 5.68. The first-order chi connectivity index (χ1) is 11.5. The molecule has 24 heavy (non-hydrogen) atoms. The van der Waals surface area contributed by atoms with Gasteiger partial charge < -0.3 is 5.11 Å². The van der Waals surface area contributed by atoms with Crippen molar-refractivity contribution in [3.05, 3.63) is 77.5 Å². The maximum Gasteiger partial charge on any atom is 0.328 e. The van der Waals surface area contributed by atoms with Gasteiger partial charge in [-0.3, -0.25) is 0 Å². The average molecular weight is 318 g/mol. The summed E-state index contributed by atoms with van der Waals surface area (Å²) in [6, 6.07) is 15.9. The maximum absolute atomic E-state index is 10.9. The molecule has 3 rings (SSSR count). The molecule has 4 heteroatoms. The number of aliphatic carboxylic acids is 1. The number of hydrogen-bond acceptors (Lipinski definition) is 2. The molecule has 0 radical (unpaired) electrons. The smallest absolute Gasteiger partial charge is 0.328 e. The summed E-state index contributed by atoms with van der Waals surface area (Å²) in [6.07, 6.45) is 4.56. The monoisotopic (exact) mass is 318 g/mol. The highest BCUT2D eigenvalue weighted by Crippen LogP contribution is 2.26. The van der Waals surface area contributed by atoms with E-state index in [-0.39, 0.29) is 0 Å². The van der Waals surface area contributed by atoms with Crippen LogP contribution in [0.15, 0.2) is 60.8 Å². The molecule has 0 unspecified atom stereocenters. The van der Waals surface area contributed by atoms with Crippen molar-refractivity contribution in [2.24, 2.45) is 0 Å². The maximum atomic E-state index is 10.9. The molecule has 1 N–H and O–H groups in total. The fourth-order valence-corrected chi connectivity index (χ4v) is 2.50. The zero-order valence-corrected chi connectivity index (χ0v) is 13.6. The summed E-state index contributed by atoms with van der Waals surface area (Å²) in [6.45, 7) is 4.12. The number of para-hydroxylation sites is 1. The first-order valence-electron chi connectivity index (χ1n) is 7.68. The van der Waals surface area contributed by atoms with Gasteiger partial charge in [0.25, 0.3) is 0 Å². The Labute approximate surface area is 140 Å². The standard InChI is InChI=1S/C20H18N2O2/c1-14-8-9-16(12-15(14)2)20-17(10-11-19(23)24)13-22(21-20)18-6-4-3-5-7-18/h3-13H,1-2H3,(H,23,24). The van der Waals surface area contributed by atoms with E-state index in [4.69, 9.17) is 5.11 Å². The van der Waals surface area contributed by atoms with Crippen LogP contribution in [0.2, 0.25) is 0 Å². The molecule has 120 valence electrons. The van der Waals surface area contributed by atoms with E-state index in [9.17, 15) is 4.79 Å². The molecule has 0 fully saturated rings. The van der Waals surface area contributed by atoms with E-state index < -0.39 is 5.97 Å². The lowest BCUT2D eigenvalue weighted by atomic mass is 10.0. The molecule has 2 aromatic carbocycles. The predicted octanol–water partition coefficient (Wildman–Crippen LogP) is 4.25. The second-order valence-electron chi connectivity index (χ2n) is 5.68. The van der Waals surface area contributed by atoms with Gasteiger partial charge in [-0.25, -0.2) is 9.48 Å². The van der Waals surface area contributed by atoms with Gasteiger partial charge in [-0.05, 0) is 49.2 Å². The highest BCUT2D eigenvalue weighted by molar-refractivity contribution is 5.87. The molecule has 0 spiro atoms. The third-order valence-electron chi connectivity index (χ3n) is 3.95. The summed E-state index contributed by atoms with van der Waals surface area (Å²) in [4.78, 5) is 10.9. The van der Waals surface area contributed by atoms with Crippen LogP contribution in [0.4, 0.5) is 0 Å². The molecule has 0 saturated carbocycles. The zero-order valence-electron chi connectivity index (χ0n) is 13.6. The lowest BCUT2D eigenvalue weighted by Crippen LogP contribution is -1.94. The first kappa shape index (κ1) is 15.7. The van der Waals surface area contributed by atoms with Crippen LogP contribution < -0.4 is 0 Å². The SMILES string of the molecule is Cc1ccc(-c2nn(-c3ccccc3)cc2C=CC(=O)O)cc1C. The molecular weight excluding hydrogens is 300 g/mol. The van der Waals surface area contributed by atoms with Crippen molar-refractivity contribution in [1.29, 1.82) is 0 Å². The third-order valence-corrected chi connectivity index (χ3v) is 3.95. The van der Waals surface area contributed by atoms with E-state index in [2.05, 4.69) is 31.1 Å². The van der Waals surface area contributed by atoms with Crippen LogP contribution in [0.1, 0.15) is 16.7 Å². The molecule has 0 aliphatic heterocycles. The van der Waals surface area contributed by atoms with Gasteiger partial charge in [-0.15, -0.1) is 0 Å². The Morgan fingerprint density at radius 3 is 2.50 bits per heavy atom. The molecule has 0 amide bonds. The van der Waals surface area contributed by atoms with Gasteiger partial charge >= 0.3 is 5.97 Å². The zero-order chi connectivity index (χ0) is 17.1. The molecular formula is C20H18N2O2. The molecule has 0 aliphatic carbocycles. The number of benzene rings is 2. The van der Waals surface area contributed by atoms with Crippen LogP contribution in [0.5, 0.6) is 0 Å². The Kier molecular flexibility index (Phi) is 4.29. The van der Waals surface area contributed by atoms with E-state index in [1.54, 1.807) is 10.8 Å². The number of rotatable bonds is 4. The minimum Gasteiger partial charge on any atom is -0.478 e. The van der Waals surface area contributed by atoms with Gasteiger partial charge in [0, 0.05) is 23.4 Å². The first-order valence-corrected chi connectivity index (χ1v) is 7.68. The van der Waals surface area contributed by atoms with Crippen LogP contribution >= 0.6 is 0 Å². The number of hydrogen-bond donors (Lipinski definition) is 1. The van der Waals surface area contributed by atoms with Crippen LogP contribution in [0.3, 0.4) is 0 Å². The normalized spacial score (nSPS) is 11.1. The van der Waals surface area contributed by atoms with Crippen molar-refractivity contribution in [2.45, 2.75) is 13.8 Å². The Morgan fingerprint density at radius 2 is 1.83 bits per heavy atom. The predicted molar refractivity (Wildman–Crippen MR) is 95.1 cm³/mol. The summed E-state index contributed by atoms with van der Waals surface area (Å²) in [5.41, 5.74) is 5.82. The number of aryl methyl sites for hydroxylation is 2. The van der Waals surface area contributed by atoms with Crippen molar-refractivity contribution in [2.75, 3.05) is 0 Å². The summed E-state index contributed by atoms with van der Waals surface area (Å²) < 4.78 is 1.77. The van der Waals surface area contributed by atoms with Gasteiger partial charge in [0.2, 0.25) is 0 Å². The fraction of sp³-hybridized carbons (Fsp3) is 0.100. The molecule has 0 bridgehead atoms. The molecule has 4 nitrogen and oxygen atoms in total. The average Bonchev–Trinajstić information content (AvgIpc) is 3.00. The van der Waals surface area contributed by atoms with Crippen molar-refractivity contribution in [3.63, 3.8) is 0 Å². The number of carboxylic acid groups (broad SMARTS) is 1. The quantitative estimate of drug-likeness (QED) is 0.732. The van der Waals surface area contributed by atoms with Gasteiger partial charge in [0.05, 0.1) is 11.4 Å². The highest BCUT2D eigenvalue weighted by Gasteiger charge is 2.11.